The summed E-state index contributed by atoms with van der Waals surface area (Å²) in [4.78, 5) is 18.3. The fraction of sp³-hybridized carbons (Fsp3) is 0.619. The largest absolute Gasteiger partial charge is 0.497 e. The van der Waals surface area contributed by atoms with Gasteiger partial charge in [0, 0.05) is 45.6 Å². The molecule has 0 aliphatic carbocycles. The molecule has 0 atom stereocenters. The minimum Gasteiger partial charge on any atom is -0.497 e. The molecule has 6 nitrogen and oxygen atoms in total. The van der Waals surface area contributed by atoms with Crippen LogP contribution in [-0.4, -0.2) is 57.6 Å². The smallest absolute Gasteiger partial charge is 0.220 e. The van der Waals surface area contributed by atoms with E-state index >= 15 is 0 Å². The summed E-state index contributed by atoms with van der Waals surface area (Å²) >= 11 is 0. The summed E-state index contributed by atoms with van der Waals surface area (Å²) in [5.74, 6) is 2.41. The Morgan fingerprint density at radius 1 is 1.33 bits per heavy atom. The van der Waals surface area contributed by atoms with Crippen LogP contribution in [0.25, 0.3) is 0 Å². The first-order valence-corrected chi connectivity index (χ1v) is 9.70. The number of aliphatic imine (C=N–C) groups is 1. The number of benzene rings is 1. The summed E-state index contributed by atoms with van der Waals surface area (Å²) in [6.07, 6.45) is 2.67. The summed E-state index contributed by atoms with van der Waals surface area (Å²) in [6, 6.07) is 8.22. The van der Waals surface area contributed by atoms with Gasteiger partial charge in [0.25, 0.3) is 0 Å². The number of hydrogen-bond acceptors (Lipinski definition) is 3. The number of likely N-dealkylation sites (tertiary alicyclic amines) is 1. The zero-order chi connectivity index (χ0) is 19.9. The maximum absolute atomic E-state index is 11.6. The van der Waals surface area contributed by atoms with Gasteiger partial charge in [-0.15, -0.1) is 0 Å². The van der Waals surface area contributed by atoms with E-state index < -0.39 is 0 Å². The van der Waals surface area contributed by atoms with E-state index in [2.05, 4.69) is 46.5 Å². The van der Waals surface area contributed by atoms with E-state index in [0.717, 1.165) is 44.2 Å². The molecule has 6 heteroatoms. The Balaban J connectivity index is 1.91. The summed E-state index contributed by atoms with van der Waals surface area (Å²) in [7, 11) is 5.23. The molecule has 27 heavy (non-hydrogen) atoms. The second kappa shape index (κ2) is 9.62. The van der Waals surface area contributed by atoms with Crippen LogP contribution in [0.4, 0.5) is 0 Å². The molecule has 0 saturated carbocycles. The second-order valence-electron chi connectivity index (χ2n) is 7.82. The first-order valence-electron chi connectivity index (χ1n) is 9.70. The molecule has 1 fully saturated rings. The van der Waals surface area contributed by atoms with Crippen molar-refractivity contribution in [1.29, 1.82) is 0 Å². The van der Waals surface area contributed by atoms with E-state index in [1.54, 1.807) is 14.2 Å². The zero-order valence-electron chi connectivity index (χ0n) is 17.3. The summed E-state index contributed by atoms with van der Waals surface area (Å²) < 4.78 is 5.36. The van der Waals surface area contributed by atoms with E-state index in [0.29, 0.717) is 12.3 Å². The molecular formula is C21H34N4O2. The lowest BCUT2D eigenvalue weighted by molar-refractivity contribution is -0.121. The van der Waals surface area contributed by atoms with Crippen LogP contribution >= 0.6 is 0 Å². The Morgan fingerprint density at radius 3 is 2.63 bits per heavy atom. The number of methoxy groups -OCH3 is 1. The maximum Gasteiger partial charge on any atom is 0.220 e. The van der Waals surface area contributed by atoms with Gasteiger partial charge in [-0.2, -0.15) is 0 Å². The number of carbonyl (C=O) groups is 1. The Labute approximate surface area is 163 Å². The quantitative estimate of drug-likeness (QED) is 0.593. The van der Waals surface area contributed by atoms with Crippen LogP contribution in [0.1, 0.15) is 38.7 Å². The molecule has 1 aliphatic heterocycles. The number of piperidine rings is 1. The van der Waals surface area contributed by atoms with E-state index in [1.165, 1.54) is 5.56 Å². The molecule has 1 heterocycles. The summed E-state index contributed by atoms with van der Waals surface area (Å²) in [5.41, 5.74) is 1.18. The van der Waals surface area contributed by atoms with E-state index in [9.17, 15) is 4.79 Å². The number of nitrogens with zero attached hydrogens (tertiary/aromatic N) is 2. The highest BCUT2D eigenvalue weighted by molar-refractivity contribution is 5.80. The lowest BCUT2D eigenvalue weighted by atomic mass is 9.84. The molecule has 1 aromatic carbocycles. The Hall–Kier alpha value is -2.24. The number of hydrogen-bond donors (Lipinski definition) is 2. The van der Waals surface area contributed by atoms with Crippen molar-refractivity contribution in [1.82, 2.24) is 15.5 Å². The van der Waals surface area contributed by atoms with Crippen molar-refractivity contribution in [3.8, 4) is 5.75 Å². The van der Waals surface area contributed by atoms with Crippen LogP contribution in [0, 0.1) is 5.92 Å². The van der Waals surface area contributed by atoms with Gasteiger partial charge in [-0.05, 0) is 36.5 Å². The predicted octanol–water partition coefficient (Wildman–Crippen LogP) is 2.40. The van der Waals surface area contributed by atoms with Gasteiger partial charge in [0.05, 0.1) is 7.11 Å². The molecule has 2 rings (SSSR count). The van der Waals surface area contributed by atoms with Crippen molar-refractivity contribution in [2.24, 2.45) is 10.9 Å². The molecule has 0 unspecified atom stereocenters. The number of ether oxygens (including phenoxy) is 1. The van der Waals surface area contributed by atoms with Crippen LogP contribution in [0.15, 0.2) is 29.3 Å². The van der Waals surface area contributed by atoms with Crippen LogP contribution in [0.5, 0.6) is 5.75 Å². The third-order valence-corrected chi connectivity index (χ3v) is 5.42. The Kier molecular flexibility index (Phi) is 7.51. The number of nitrogens with one attached hydrogen (secondary N) is 2. The Bertz CT molecular complexity index is 649. The molecule has 150 valence electrons. The number of amides is 1. The van der Waals surface area contributed by atoms with Crippen LogP contribution in [-0.2, 0) is 10.2 Å². The van der Waals surface area contributed by atoms with Gasteiger partial charge in [0.15, 0.2) is 5.96 Å². The first kappa shape index (κ1) is 21.1. The number of carbonyl (C=O) groups excluding carboxylic acids is 1. The van der Waals surface area contributed by atoms with Crippen LogP contribution < -0.4 is 15.4 Å². The van der Waals surface area contributed by atoms with Crippen molar-refractivity contribution < 1.29 is 9.53 Å². The molecular weight excluding hydrogens is 340 g/mol. The minimum absolute atomic E-state index is 0.0536. The van der Waals surface area contributed by atoms with Crippen molar-refractivity contribution >= 4 is 11.9 Å². The fourth-order valence-corrected chi connectivity index (χ4v) is 3.49. The molecule has 0 radical (unpaired) electrons. The van der Waals surface area contributed by atoms with Crippen molar-refractivity contribution in [3.63, 3.8) is 0 Å². The highest BCUT2D eigenvalue weighted by atomic mass is 16.5. The lowest BCUT2D eigenvalue weighted by Gasteiger charge is -2.35. The fourth-order valence-electron chi connectivity index (χ4n) is 3.49. The van der Waals surface area contributed by atoms with Crippen LogP contribution in [0.2, 0.25) is 0 Å². The second-order valence-corrected chi connectivity index (χ2v) is 7.82. The molecule has 2 N–H and O–H groups in total. The van der Waals surface area contributed by atoms with E-state index in [-0.39, 0.29) is 11.3 Å². The SMILES string of the molecule is CN=C(NCC(C)(C)c1cccc(OC)c1)N1CCC(CC(=O)NC)CC1. The summed E-state index contributed by atoms with van der Waals surface area (Å²) in [6.45, 7) is 7.09. The average Bonchev–Trinajstić information content (AvgIpc) is 2.69. The normalized spacial score (nSPS) is 16.2. The zero-order valence-corrected chi connectivity index (χ0v) is 17.3. The summed E-state index contributed by atoms with van der Waals surface area (Å²) in [5, 5.41) is 6.26. The molecule has 0 aromatic heterocycles. The molecule has 1 aliphatic rings. The van der Waals surface area contributed by atoms with Gasteiger partial charge in [0.1, 0.15) is 5.75 Å². The number of guanidine groups is 1. The van der Waals surface area contributed by atoms with Gasteiger partial charge in [0.2, 0.25) is 5.91 Å². The monoisotopic (exact) mass is 374 g/mol. The standard InChI is InChI=1S/C21H34N4O2/c1-21(2,17-7-6-8-18(14-17)27-5)15-24-20(23-4)25-11-9-16(10-12-25)13-19(26)22-3/h6-8,14,16H,9-13,15H2,1-5H3,(H,22,26)(H,23,24). The van der Waals surface area contributed by atoms with Crippen molar-refractivity contribution in [2.75, 3.05) is 40.8 Å². The van der Waals surface area contributed by atoms with E-state index in [4.69, 9.17) is 4.74 Å². The van der Waals surface area contributed by atoms with Gasteiger partial charge in [-0.1, -0.05) is 26.0 Å². The minimum atomic E-state index is -0.0536. The molecule has 0 spiro atoms. The first-order chi connectivity index (χ1) is 12.9. The molecule has 1 saturated heterocycles. The third kappa shape index (κ3) is 5.88. The topological polar surface area (TPSA) is 66.0 Å². The molecule has 1 aromatic rings. The highest BCUT2D eigenvalue weighted by Crippen LogP contribution is 2.26. The predicted molar refractivity (Wildman–Crippen MR) is 110 cm³/mol. The lowest BCUT2D eigenvalue weighted by Crippen LogP contribution is -2.48. The van der Waals surface area contributed by atoms with Gasteiger partial charge >= 0.3 is 0 Å². The van der Waals surface area contributed by atoms with Crippen molar-refractivity contribution in [3.05, 3.63) is 29.8 Å². The van der Waals surface area contributed by atoms with E-state index in [1.807, 2.05) is 19.2 Å². The van der Waals surface area contributed by atoms with Gasteiger partial charge < -0.3 is 20.3 Å². The van der Waals surface area contributed by atoms with Crippen molar-refractivity contribution in [2.45, 2.75) is 38.5 Å². The third-order valence-electron chi connectivity index (χ3n) is 5.42. The van der Waals surface area contributed by atoms with Gasteiger partial charge in [-0.3, -0.25) is 9.79 Å². The van der Waals surface area contributed by atoms with Gasteiger partial charge in [-0.25, -0.2) is 0 Å². The maximum atomic E-state index is 11.6. The highest BCUT2D eigenvalue weighted by Gasteiger charge is 2.25. The molecule has 1 amide bonds. The Morgan fingerprint density at radius 2 is 2.04 bits per heavy atom. The number of rotatable bonds is 6. The average molecular weight is 375 g/mol. The molecule has 0 bridgehead atoms. The van der Waals surface area contributed by atoms with Crippen LogP contribution in [0.3, 0.4) is 0 Å².